The predicted molar refractivity (Wildman–Crippen MR) is 74.0 cm³/mol. The smallest absolute Gasteiger partial charge is 0.0108 e. The quantitative estimate of drug-likeness (QED) is 0.511. The molecule has 1 aliphatic carbocycles. The second kappa shape index (κ2) is 9.83. The van der Waals surface area contributed by atoms with Crippen LogP contribution in [0.1, 0.15) is 32.1 Å². The maximum Gasteiger partial charge on any atom is 0.0108 e. The summed E-state index contributed by atoms with van der Waals surface area (Å²) in [6.07, 6.45) is 7.14. The third-order valence-electron chi connectivity index (χ3n) is 3.65. The molecule has 1 saturated carbocycles. The van der Waals surface area contributed by atoms with Gasteiger partial charge in [-0.2, -0.15) is 0 Å². The van der Waals surface area contributed by atoms with E-state index in [0.29, 0.717) is 0 Å². The van der Waals surface area contributed by atoms with Crippen molar-refractivity contribution in [3.8, 4) is 0 Å². The fraction of sp³-hybridized carbons (Fsp3) is 1.00. The Bertz CT molecular complexity index is 163. The van der Waals surface area contributed by atoms with Gasteiger partial charge in [0.1, 0.15) is 0 Å². The first kappa shape index (κ1) is 14.9. The lowest BCUT2D eigenvalue weighted by molar-refractivity contribution is 0.278. The number of nitrogens with zero attached hydrogens (tertiary/aromatic N) is 1. The summed E-state index contributed by atoms with van der Waals surface area (Å²) in [5.41, 5.74) is 11.2. The Morgan fingerprint density at radius 2 is 1.59 bits per heavy atom. The van der Waals surface area contributed by atoms with Gasteiger partial charge in [-0.05, 0) is 25.3 Å². The van der Waals surface area contributed by atoms with Gasteiger partial charge in [-0.3, -0.25) is 4.90 Å². The second-order valence-corrected chi connectivity index (χ2v) is 5.13. The molecule has 0 amide bonds. The molecule has 4 heteroatoms. The van der Waals surface area contributed by atoms with Crippen molar-refractivity contribution in [2.45, 2.75) is 32.1 Å². The van der Waals surface area contributed by atoms with Crippen LogP contribution >= 0.6 is 0 Å². The molecule has 0 aromatic rings. The molecule has 0 aliphatic heterocycles. The highest BCUT2D eigenvalue weighted by molar-refractivity contribution is 4.69. The van der Waals surface area contributed by atoms with E-state index in [2.05, 4.69) is 10.2 Å². The molecule has 0 radical (unpaired) electrons. The molecule has 0 heterocycles. The monoisotopic (exact) mass is 242 g/mol. The summed E-state index contributed by atoms with van der Waals surface area (Å²) in [7, 11) is 0. The van der Waals surface area contributed by atoms with Crippen LogP contribution in [0.4, 0.5) is 0 Å². The number of rotatable bonds is 9. The minimum Gasteiger partial charge on any atom is -0.329 e. The van der Waals surface area contributed by atoms with Crippen molar-refractivity contribution in [1.82, 2.24) is 10.2 Å². The summed E-state index contributed by atoms with van der Waals surface area (Å²) < 4.78 is 0. The standard InChI is InChI=1S/C13H30N4/c14-6-9-17(10-7-15)11-8-16-12-13-4-2-1-3-5-13/h13,16H,1-12,14-15H2. The highest BCUT2D eigenvalue weighted by atomic mass is 15.1. The van der Waals surface area contributed by atoms with E-state index in [1.54, 1.807) is 0 Å². The van der Waals surface area contributed by atoms with E-state index in [1.165, 1.54) is 38.6 Å². The van der Waals surface area contributed by atoms with Crippen LogP contribution in [0, 0.1) is 5.92 Å². The first-order valence-electron chi connectivity index (χ1n) is 7.20. The fourth-order valence-electron chi connectivity index (χ4n) is 2.64. The SMILES string of the molecule is NCCN(CCN)CCNCC1CCCCC1. The van der Waals surface area contributed by atoms with E-state index in [1.807, 2.05) is 0 Å². The summed E-state index contributed by atoms with van der Waals surface area (Å²) in [6.45, 7) is 6.70. The van der Waals surface area contributed by atoms with Crippen molar-refractivity contribution in [2.75, 3.05) is 45.8 Å². The molecule has 1 aliphatic rings. The zero-order chi connectivity index (χ0) is 12.3. The van der Waals surface area contributed by atoms with E-state index >= 15 is 0 Å². The van der Waals surface area contributed by atoms with Crippen molar-refractivity contribution < 1.29 is 0 Å². The molecule has 5 N–H and O–H groups in total. The van der Waals surface area contributed by atoms with E-state index in [4.69, 9.17) is 11.5 Å². The molecule has 0 atom stereocenters. The van der Waals surface area contributed by atoms with Gasteiger partial charge in [0.2, 0.25) is 0 Å². The van der Waals surface area contributed by atoms with Gasteiger partial charge in [0, 0.05) is 39.3 Å². The molecule has 1 rings (SSSR count). The van der Waals surface area contributed by atoms with Gasteiger partial charge < -0.3 is 16.8 Å². The predicted octanol–water partition coefficient (Wildman–Crippen LogP) is 0.376. The Kier molecular flexibility index (Phi) is 8.61. The second-order valence-electron chi connectivity index (χ2n) is 5.13. The van der Waals surface area contributed by atoms with Crippen LogP contribution in [0.15, 0.2) is 0 Å². The summed E-state index contributed by atoms with van der Waals surface area (Å²) in [4.78, 5) is 2.34. The van der Waals surface area contributed by atoms with Crippen LogP contribution in [0.5, 0.6) is 0 Å². The highest BCUT2D eigenvalue weighted by Gasteiger charge is 2.12. The summed E-state index contributed by atoms with van der Waals surface area (Å²) in [5, 5.41) is 3.58. The van der Waals surface area contributed by atoms with E-state index in [-0.39, 0.29) is 0 Å². The molecule has 0 spiro atoms. The molecule has 17 heavy (non-hydrogen) atoms. The van der Waals surface area contributed by atoms with Crippen molar-refractivity contribution in [1.29, 1.82) is 0 Å². The normalized spacial score (nSPS) is 17.8. The molecule has 0 bridgehead atoms. The van der Waals surface area contributed by atoms with Gasteiger partial charge >= 0.3 is 0 Å². The van der Waals surface area contributed by atoms with Crippen molar-refractivity contribution in [3.05, 3.63) is 0 Å². The molecule has 0 unspecified atom stereocenters. The third kappa shape index (κ3) is 6.99. The Labute approximate surface area is 106 Å². The average molecular weight is 242 g/mol. The lowest BCUT2D eigenvalue weighted by atomic mass is 9.89. The zero-order valence-electron chi connectivity index (χ0n) is 11.2. The molecular formula is C13H30N4. The number of hydrogen-bond donors (Lipinski definition) is 3. The summed E-state index contributed by atoms with van der Waals surface area (Å²) in [5.74, 6) is 0.918. The molecule has 4 nitrogen and oxygen atoms in total. The number of nitrogens with two attached hydrogens (primary N) is 2. The van der Waals surface area contributed by atoms with Gasteiger partial charge in [-0.15, -0.1) is 0 Å². The first-order chi connectivity index (χ1) is 8.36. The molecule has 102 valence electrons. The van der Waals surface area contributed by atoms with Crippen LogP contribution in [0.3, 0.4) is 0 Å². The topological polar surface area (TPSA) is 67.3 Å². The molecular weight excluding hydrogens is 212 g/mol. The maximum atomic E-state index is 5.58. The molecule has 0 saturated heterocycles. The van der Waals surface area contributed by atoms with E-state index in [0.717, 1.165) is 45.2 Å². The zero-order valence-corrected chi connectivity index (χ0v) is 11.2. The average Bonchev–Trinajstić information content (AvgIpc) is 2.36. The largest absolute Gasteiger partial charge is 0.329 e. The third-order valence-corrected chi connectivity index (χ3v) is 3.65. The molecule has 0 aromatic carbocycles. The van der Waals surface area contributed by atoms with E-state index in [9.17, 15) is 0 Å². The van der Waals surface area contributed by atoms with Gasteiger partial charge in [0.15, 0.2) is 0 Å². The number of nitrogens with one attached hydrogen (secondary N) is 1. The Balaban J connectivity index is 2.00. The van der Waals surface area contributed by atoms with Crippen molar-refractivity contribution >= 4 is 0 Å². The van der Waals surface area contributed by atoms with Crippen LogP contribution < -0.4 is 16.8 Å². The minimum atomic E-state index is 0.725. The maximum absolute atomic E-state index is 5.58. The highest BCUT2D eigenvalue weighted by Crippen LogP contribution is 2.22. The fourth-order valence-corrected chi connectivity index (χ4v) is 2.64. The van der Waals surface area contributed by atoms with Gasteiger partial charge in [0.25, 0.3) is 0 Å². The Morgan fingerprint density at radius 1 is 0.941 bits per heavy atom. The molecule has 0 aromatic heterocycles. The van der Waals surface area contributed by atoms with Crippen molar-refractivity contribution in [3.63, 3.8) is 0 Å². The van der Waals surface area contributed by atoms with Gasteiger partial charge in [-0.25, -0.2) is 0 Å². The Hall–Kier alpha value is -0.160. The first-order valence-corrected chi connectivity index (χ1v) is 7.20. The lowest BCUT2D eigenvalue weighted by Gasteiger charge is -2.24. The lowest BCUT2D eigenvalue weighted by Crippen LogP contribution is -2.39. The van der Waals surface area contributed by atoms with E-state index < -0.39 is 0 Å². The van der Waals surface area contributed by atoms with Crippen LogP contribution in [0.25, 0.3) is 0 Å². The van der Waals surface area contributed by atoms with Gasteiger partial charge in [-0.1, -0.05) is 19.3 Å². The number of hydrogen-bond acceptors (Lipinski definition) is 4. The Morgan fingerprint density at radius 3 is 2.18 bits per heavy atom. The summed E-state index contributed by atoms with van der Waals surface area (Å²) in [6, 6.07) is 0. The van der Waals surface area contributed by atoms with Gasteiger partial charge in [0.05, 0.1) is 0 Å². The van der Waals surface area contributed by atoms with Crippen LogP contribution in [0.2, 0.25) is 0 Å². The minimum absolute atomic E-state index is 0.725. The molecule has 1 fully saturated rings. The van der Waals surface area contributed by atoms with Crippen molar-refractivity contribution in [2.24, 2.45) is 17.4 Å². The van der Waals surface area contributed by atoms with Crippen LogP contribution in [-0.2, 0) is 0 Å². The summed E-state index contributed by atoms with van der Waals surface area (Å²) >= 11 is 0. The van der Waals surface area contributed by atoms with Crippen LogP contribution in [-0.4, -0.2) is 50.7 Å².